The molecule has 3 aromatic heterocycles. The first-order valence-electron chi connectivity index (χ1n) is 6.80. The van der Waals surface area contributed by atoms with Crippen molar-refractivity contribution in [1.82, 2.24) is 19.6 Å². The molecule has 0 saturated heterocycles. The van der Waals surface area contributed by atoms with Crippen molar-refractivity contribution in [3.8, 4) is 11.6 Å². The standard InChI is InChI=1S/C15H12N4O2S/c20-7-9-22-15-16-11-5-2-1-4-10(11)14-17-13(18-19(14)15)12-6-3-8-21-12/h1-6,8,20H,7,9H2. The Labute approximate surface area is 129 Å². The summed E-state index contributed by atoms with van der Waals surface area (Å²) in [4.78, 5) is 9.21. The molecule has 0 bridgehead atoms. The van der Waals surface area contributed by atoms with Gasteiger partial charge >= 0.3 is 0 Å². The van der Waals surface area contributed by atoms with E-state index in [0.717, 1.165) is 16.6 Å². The van der Waals surface area contributed by atoms with Crippen molar-refractivity contribution in [2.45, 2.75) is 5.16 Å². The van der Waals surface area contributed by atoms with E-state index in [1.807, 2.05) is 30.3 Å². The van der Waals surface area contributed by atoms with E-state index >= 15 is 0 Å². The topological polar surface area (TPSA) is 76.5 Å². The number of aliphatic hydroxyl groups excluding tert-OH is 1. The van der Waals surface area contributed by atoms with Crippen LogP contribution >= 0.6 is 11.8 Å². The molecule has 0 fully saturated rings. The second-order valence-corrected chi connectivity index (χ2v) is 5.69. The Morgan fingerprint density at radius 1 is 1.14 bits per heavy atom. The molecule has 0 aliphatic carbocycles. The SMILES string of the molecule is OCCSc1nc2ccccc2c2nc(-c3ccco3)nn12. The largest absolute Gasteiger partial charge is 0.461 e. The Balaban J connectivity index is 1.99. The first kappa shape index (κ1) is 13.3. The fourth-order valence-electron chi connectivity index (χ4n) is 2.27. The van der Waals surface area contributed by atoms with Crippen LogP contribution in [0.5, 0.6) is 0 Å². The Bertz CT molecular complexity index is 933. The maximum absolute atomic E-state index is 9.06. The van der Waals surface area contributed by atoms with Gasteiger partial charge in [-0.3, -0.25) is 0 Å². The maximum atomic E-state index is 9.06. The number of para-hydroxylation sites is 1. The molecule has 0 aliphatic heterocycles. The van der Waals surface area contributed by atoms with Crippen LogP contribution in [0.15, 0.2) is 52.2 Å². The highest BCUT2D eigenvalue weighted by molar-refractivity contribution is 7.99. The predicted octanol–water partition coefficient (Wildman–Crippen LogP) is 2.62. The summed E-state index contributed by atoms with van der Waals surface area (Å²) < 4.78 is 7.09. The molecule has 0 amide bonds. The molecule has 1 aromatic carbocycles. The third-order valence-corrected chi connectivity index (χ3v) is 4.12. The van der Waals surface area contributed by atoms with Gasteiger partial charge in [-0.15, -0.1) is 5.10 Å². The molecule has 110 valence electrons. The molecule has 4 aromatic rings. The highest BCUT2D eigenvalue weighted by atomic mass is 32.2. The van der Waals surface area contributed by atoms with E-state index < -0.39 is 0 Å². The highest BCUT2D eigenvalue weighted by Gasteiger charge is 2.15. The zero-order chi connectivity index (χ0) is 14.9. The van der Waals surface area contributed by atoms with E-state index in [1.165, 1.54) is 11.8 Å². The minimum absolute atomic E-state index is 0.0837. The van der Waals surface area contributed by atoms with Gasteiger partial charge < -0.3 is 9.52 Å². The second kappa shape index (κ2) is 5.43. The van der Waals surface area contributed by atoms with Gasteiger partial charge in [0.05, 0.1) is 18.4 Å². The molecular formula is C15H12N4O2S. The number of furan rings is 1. The summed E-state index contributed by atoms with van der Waals surface area (Å²) in [6, 6.07) is 11.4. The average Bonchev–Trinajstić information content (AvgIpc) is 3.21. The molecular weight excluding hydrogens is 300 g/mol. The zero-order valence-electron chi connectivity index (χ0n) is 11.5. The van der Waals surface area contributed by atoms with Crippen LogP contribution in [0.4, 0.5) is 0 Å². The zero-order valence-corrected chi connectivity index (χ0v) is 12.3. The van der Waals surface area contributed by atoms with Crippen molar-refractivity contribution in [3.63, 3.8) is 0 Å². The van der Waals surface area contributed by atoms with Crippen LogP contribution in [0.2, 0.25) is 0 Å². The van der Waals surface area contributed by atoms with E-state index in [-0.39, 0.29) is 6.61 Å². The smallest absolute Gasteiger partial charge is 0.218 e. The number of hydrogen-bond acceptors (Lipinski definition) is 6. The summed E-state index contributed by atoms with van der Waals surface area (Å²) in [5, 5.41) is 15.2. The lowest BCUT2D eigenvalue weighted by Crippen LogP contribution is -1.99. The first-order valence-corrected chi connectivity index (χ1v) is 7.78. The fraction of sp³-hybridized carbons (Fsp3) is 0.133. The molecule has 4 rings (SSSR count). The van der Waals surface area contributed by atoms with Gasteiger partial charge in [0.15, 0.2) is 16.6 Å². The summed E-state index contributed by atoms with van der Waals surface area (Å²) in [5.41, 5.74) is 1.59. The third kappa shape index (κ3) is 2.15. The van der Waals surface area contributed by atoms with Crippen molar-refractivity contribution in [2.75, 3.05) is 12.4 Å². The van der Waals surface area contributed by atoms with Gasteiger partial charge in [0, 0.05) is 11.1 Å². The van der Waals surface area contributed by atoms with Crippen LogP contribution in [0.25, 0.3) is 28.1 Å². The monoisotopic (exact) mass is 312 g/mol. The molecule has 0 aliphatic rings. The van der Waals surface area contributed by atoms with E-state index in [1.54, 1.807) is 16.8 Å². The minimum Gasteiger partial charge on any atom is -0.461 e. The van der Waals surface area contributed by atoms with Crippen molar-refractivity contribution in [3.05, 3.63) is 42.7 Å². The number of hydrogen-bond donors (Lipinski definition) is 1. The quantitative estimate of drug-likeness (QED) is 0.461. The third-order valence-electron chi connectivity index (χ3n) is 3.21. The van der Waals surface area contributed by atoms with Crippen LogP contribution < -0.4 is 0 Å². The van der Waals surface area contributed by atoms with Crippen molar-refractivity contribution < 1.29 is 9.52 Å². The summed E-state index contributed by atoms with van der Waals surface area (Å²) in [6.45, 7) is 0.0837. The molecule has 0 atom stereocenters. The molecule has 3 heterocycles. The molecule has 0 saturated carbocycles. The summed E-state index contributed by atoms with van der Waals surface area (Å²) in [5.74, 6) is 1.69. The van der Waals surface area contributed by atoms with E-state index in [4.69, 9.17) is 9.52 Å². The number of aliphatic hydroxyl groups is 1. The van der Waals surface area contributed by atoms with Crippen LogP contribution in [0, 0.1) is 0 Å². The molecule has 6 nitrogen and oxygen atoms in total. The lowest BCUT2D eigenvalue weighted by molar-refractivity contribution is 0.322. The van der Waals surface area contributed by atoms with Gasteiger partial charge in [0.1, 0.15) is 0 Å². The Morgan fingerprint density at radius 2 is 2.05 bits per heavy atom. The van der Waals surface area contributed by atoms with Crippen LogP contribution in [0.3, 0.4) is 0 Å². The van der Waals surface area contributed by atoms with Gasteiger partial charge in [-0.1, -0.05) is 23.9 Å². The van der Waals surface area contributed by atoms with Crippen LogP contribution in [-0.2, 0) is 0 Å². The average molecular weight is 312 g/mol. The number of fused-ring (bicyclic) bond motifs is 3. The predicted molar refractivity (Wildman–Crippen MR) is 83.8 cm³/mol. The van der Waals surface area contributed by atoms with Crippen molar-refractivity contribution in [1.29, 1.82) is 0 Å². The molecule has 0 spiro atoms. The van der Waals surface area contributed by atoms with E-state index in [0.29, 0.717) is 22.5 Å². The Morgan fingerprint density at radius 3 is 2.86 bits per heavy atom. The normalized spacial score (nSPS) is 11.5. The summed E-state index contributed by atoms with van der Waals surface area (Å²) in [6.07, 6.45) is 1.60. The summed E-state index contributed by atoms with van der Waals surface area (Å²) >= 11 is 1.44. The molecule has 1 N–H and O–H groups in total. The molecule has 0 radical (unpaired) electrons. The Hall–Kier alpha value is -2.38. The van der Waals surface area contributed by atoms with Crippen molar-refractivity contribution in [2.24, 2.45) is 0 Å². The summed E-state index contributed by atoms with van der Waals surface area (Å²) in [7, 11) is 0. The van der Waals surface area contributed by atoms with E-state index in [2.05, 4.69) is 15.1 Å². The Kier molecular flexibility index (Phi) is 3.28. The highest BCUT2D eigenvalue weighted by Crippen LogP contribution is 2.26. The second-order valence-electron chi connectivity index (χ2n) is 4.63. The van der Waals surface area contributed by atoms with E-state index in [9.17, 15) is 0 Å². The lowest BCUT2D eigenvalue weighted by atomic mass is 10.2. The number of aromatic nitrogens is 4. The molecule has 0 unspecified atom stereocenters. The van der Waals surface area contributed by atoms with Crippen molar-refractivity contribution >= 4 is 28.3 Å². The number of rotatable bonds is 4. The minimum atomic E-state index is 0.0837. The number of benzene rings is 1. The lowest BCUT2D eigenvalue weighted by Gasteiger charge is -2.04. The maximum Gasteiger partial charge on any atom is 0.218 e. The van der Waals surface area contributed by atoms with Crippen LogP contribution in [-0.4, -0.2) is 37.0 Å². The van der Waals surface area contributed by atoms with Crippen LogP contribution in [0.1, 0.15) is 0 Å². The molecule has 22 heavy (non-hydrogen) atoms. The van der Waals surface area contributed by atoms with Gasteiger partial charge in [0.25, 0.3) is 0 Å². The van der Waals surface area contributed by atoms with Gasteiger partial charge in [-0.05, 0) is 24.3 Å². The van der Waals surface area contributed by atoms with Gasteiger partial charge in [0.2, 0.25) is 5.82 Å². The fourth-order valence-corrected chi connectivity index (χ4v) is 2.96. The van der Waals surface area contributed by atoms with Gasteiger partial charge in [-0.2, -0.15) is 4.52 Å². The van der Waals surface area contributed by atoms with Gasteiger partial charge in [-0.25, -0.2) is 9.97 Å². The number of thioether (sulfide) groups is 1. The number of nitrogens with zero attached hydrogens (tertiary/aromatic N) is 4. The molecule has 7 heteroatoms. The first-order chi connectivity index (χ1) is 10.9.